The van der Waals surface area contributed by atoms with Gasteiger partial charge in [0.1, 0.15) is 5.82 Å². The van der Waals surface area contributed by atoms with E-state index in [1.54, 1.807) is 23.0 Å². The lowest BCUT2D eigenvalue weighted by Gasteiger charge is -2.10. The van der Waals surface area contributed by atoms with Gasteiger partial charge in [0.15, 0.2) is 0 Å². The summed E-state index contributed by atoms with van der Waals surface area (Å²) in [5.41, 5.74) is 2.33. The van der Waals surface area contributed by atoms with E-state index in [-0.39, 0.29) is 5.82 Å². The van der Waals surface area contributed by atoms with Crippen LogP contribution in [0.2, 0.25) is 5.02 Å². The molecule has 3 aromatic rings. The standard InChI is InChI=1S/C16H13ClFN3/c17-15-3-1-4-16(18)14(15)11-19-12-5-7-13(8-6-12)21-10-2-9-20-21/h1-10,19H,11H2. The van der Waals surface area contributed by atoms with Gasteiger partial charge in [0.2, 0.25) is 0 Å². The van der Waals surface area contributed by atoms with Crippen molar-refractivity contribution in [3.05, 3.63) is 77.3 Å². The molecule has 0 spiro atoms. The molecule has 0 unspecified atom stereocenters. The van der Waals surface area contributed by atoms with E-state index in [2.05, 4.69) is 10.4 Å². The summed E-state index contributed by atoms with van der Waals surface area (Å²) in [6.45, 7) is 0.340. The van der Waals surface area contributed by atoms with Gasteiger partial charge in [-0.3, -0.25) is 0 Å². The van der Waals surface area contributed by atoms with E-state index in [0.29, 0.717) is 17.1 Å². The van der Waals surface area contributed by atoms with E-state index in [4.69, 9.17) is 11.6 Å². The van der Waals surface area contributed by atoms with Crippen molar-refractivity contribution in [3.8, 4) is 5.69 Å². The summed E-state index contributed by atoms with van der Waals surface area (Å²) >= 11 is 6.00. The highest BCUT2D eigenvalue weighted by Crippen LogP contribution is 2.21. The average molecular weight is 302 g/mol. The first-order chi connectivity index (χ1) is 10.2. The third-order valence-electron chi connectivity index (χ3n) is 3.17. The molecule has 1 aromatic heterocycles. The van der Waals surface area contributed by atoms with Gasteiger partial charge < -0.3 is 5.32 Å². The third kappa shape index (κ3) is 3.06. The fourth-order valence-electron chi connectivity index (χ4n) is 2.05. The fourth-order valence-corrected chi connectivity index (χ4v) is 2.28. The molecule has 0 aliphatic heterocycles. The van der Waals surface area contributed by atoms with E-state index < -0.39 is 0 Å². The number of hydrogen-bond acceptors (Lipinski definition) is 2. The Morgan fingerprint density at radius 2 is 1.90 bits per heavy atom. The number of halogens is 2. The molecule has 0 aliphatic carbocycles. The van der Waals surface area contributed by atoms with Crippen LogP contribution in [0.4, 0.5) is 10.1 Å². The predicted molar refractivity (Wildman–Crippen MR) is 82.3 cm³/mol. The Morgan fingerprint density at radius 1 is 1.10 bits per heavy atom. The number of benzene rings is 2. The molecule has 0 aliphatic rings. The van der Waals surface area contributed by atoms with Crippen molar-refractivity contribution in [2.45, 2.75) is 6.54 Å². The van der Waals surface area contributed by atoms with Crippen LogP contribution in [0.5, 0.6) is 0 Å². The molecule has 3 rings (SSSR count). The minimum atomic E-state index is -0.303. The van der Waals surface area contributed by atoms with Crippen LogP contribution in [-0.2, 0) is 6.54 Å². The van der Waals surface area contributed by atoms with Gasteiger partial charge in [-0.15, -0.1) is 0 Å². The Labute approximate surface area is 127 Å². The third-order valence-corrected chi connectivity index (χ3v) is 3.52. The molecule has 0 saturated carbocycles. The molecular formula is C16H13ClFN3. The normalized spacial score (nSPS) is 10.6. The molecule has 21 heavy (non-hydrogen) atoms. The van der Waals surface area contributed by atoms with Gasteiger partial charge in [-0.2, -0.15) is 5.10 Å². The first kappa shape index (κ1) is 13.6. The van der Waals surface area contributed by atoms with Crippen molar-refractivity contribution in [1.29, 1.82) is 0 Å². The van der Waals surface area contributed by atoms with Crippen molar-refractivity contribution in [2.75, 3.05) is 5.32 Å². The van der Waals surface area contributed by atoms with Crippen LogP contribution in [0.1, 0.15) is 5.56 Å². The zero-order valence-corrected chi connectivity index (χ0v) is 11.9. The number of nitrogens with one attached hydrogen (secondary N) is 1. The number of aromatic nitrogens is 2. The molecule has 1 heterocycles. The van der Waals surface area contributed by atoms with Crippen LogP contribution in [-0.4, -0.2) is 9.78 Å². The second-order valence-electron chi connectivity index (χ2n) is 4.55. The number of anilines is 1. The quantitative estimate of drug-likeness (QED) is 0.779. The van der Waals surface area contributed by atoms with Crippen molar-refractivity contribution in [2.24, 2.45) is 0 Å². The minimum Gasteiger partial charge on any atom is -0.381 e. The molecule has 106 valence electrons. The van der Waals surface area contributed by atoms with Crippen LogP contribution in [0.3, 0.4) is 0 Å². The van der Waals surface area contributed by atoms with Gasteiger partial charge in [0.25, 0.3) is 0 Å². The first-order valence-electron chi connectivity index (χ1n) is 6.51. The maximum Gasteiger partial charge on any atom is 0.129 e. The number of rotatable bonds is 4. The maximum atomic E-state index is 13.7. The van der Waals surface area contributed by atoms with Crippen LogP contribution in [0.15, 0.2) is 60.9 Å². The summed E-state index contributed by atoms with van der Waals surface area (Å²) in [5, 5.41) is 7.75. The largest absolute Gasteiger partial charge is 0.381 e. The topological polar surface area (TPSA) is 29.9 Å². The molecule has 0 amide bonds. The van der Waals surface area contributed by atoms with Crippen LogP contribution in [0.25, 0.3) is 5.69 Å². The van der Waals surface area contributed by atoms with E-state index in [1.165, 1.54) is 6.07 Å². The van der Waals surface area contributed by atoms with E-state index in [1.807, 2.05) is 36.5 Å². The molecule has 0 fully saturated rings. The SMILES string of the molecule is Fc1cccc(Cl)c1CNc1ccc(-n2cccn2)cc1. The van der Waals surface area contributed by atoms with Crippen molar-refractivity contribution >= 4 is 17.3 Å². The molecule has 2 aromatic carbocycles. The van der Waals surface area contributed by atoms with Crippen molar-refractivity contribution < 1.29 is 4.39 Å². The Kier molecular flexibility index (Phi) is 3.88. The van der Waals surface area contributed by atoms with Crippen molar-refractivity contribution in [3.63, 3.8) is 0 Å². The lowest BCUT2D eigenvalue weighted by molar-refractivity contribution is 0.613. The summed E-state index contributed by atoms with van der Waals surface area (Å²) in [6.07, 6.45) is 3.61. The van der Waals surface area contributed by atoms with Gasteiger partial charge in [-0.05, 0) is 42.5 Å². The highest BCUT2D eigenvalue weighted by molar-refractivity contribution is 6.31. The second kappa shape index (κ2) is 5.97. The lowest BCUT2D eigenvalue weighted by Crippen LogP contribution is -2.03. The van der Waals surface area contributed by atoms with Gasteiger partial charge >= 0.3 is 0 Å². The second-order valence-corrected chi connectivity index (χ2v) is 4.96. The summed E-state index contributed by atoms with van der Waals surface area (Å²) in [6, 6.07) is 14.3. The Hall–Kier alpha value is -2.33. The van der Waals surface area contributed by atoms with Gasteiger partial charge in [0.05, 0.1) is 5.69 Å². The fraction of sp³-hybridized carbons (Fsp3) is 0.0625. The smallest absolute Gasteiger partial charge is 0.129 e. The molecule has 1 N–H and O–H groups in total. The molecule has 0 radical (unpaired) electrons. The number of nitrogens with zero attached hydrogens (tertiary/aromatic N) is 2. The maximum absolute atomic E-state index is 13.7. The predicted octanol–water partition coefficient (Wildman–Crippen LogP) is 4.28. The minimum absolute atomic E-state index is 0.303. The Balaban J connectivity index is 1.71. The summed E-state index contributed by atoms with van der Waals surface area (Å²) < 4.78 is 15.4. The highest BCUT2D eigenvalue weighted by atomic mass is 35.5. The van der Waals surface area contributed by atoms with Crippen LogP contribution >= 0.6 is 11.6 Å². The Bertz CT molecular complexity index is 704. The summed E-state index contributed by atoms with van der Waals surface area (Å²) in [4.78, 5) is 0. The van der Waals surface area contributed by atoms with Crippen molar-refractivity contribution in [1.82, 2.24) is 9.78 Å². The average Bonchev–Trinajstić information content (AvgIpc) is 3.02. The zero-order valence-electron chi connectivity index (χ0n) is 11.1. The van der Waals surface area contributed by atoms with Gasteiger partial charge in [0, 0.05) is 35.2 Å². The van der Waals surface area contributed by atoms with E-state index in [0.717, 1.165) is 11.4 Å². The molecule has 0 saturated heterocycles. The van der Waals surface area contributed by atoms with Crippen LogP contribution < -0.4 is 5.32 Å². The number of hydrogen-bond donors (Lipinski definition) is 1. The molecular weight excluding hydrogens is 289 g/mol. The molecule has 0 atom stereocenters. The molecule has 0 bridgehead atoms. The highest BCUT2D eigenvalue weighted by Gasteiger charge is 2.06. The first-order valence-corrected chi connectivity index (χ1v) is 6.89. The van der Waals surface area contributed by atoms with Gasteiger partial charge in [-0.25, -0.2) is 9.07 Å². The lowest BCUT2D eigenvalue weighted by atomic mass is 10.2. The van der Waals surface area contributed by atoms with Crippen LogP contribution in [0, 0.1) is 5.82 Å². The monoisotopic (exact) mass is 301 g/mol. The zero-order chi connectivity index (χ0) is 14.7. The molecule has 5 heteroatoms. The Morgan fingerprint density at radius 3 is 2.57 bits per heavy atom. The van der Waals surface area contributed by atoms with Gasteiger partial charge in [-0.1, -0.05) is 17.7 Å². The van der Waals surface area contributed by atoms with E-state index in [9.17, 15) is 4.39 Å². The molecule has 3 nitrogen and oxygen atoms in total. The van der Waals surface area contributed by atoms with E-state index >= 15 is 0 Å². The summed E-state index contributed by atoms with van der Waals surface area (Å²) in [5.74, 6) is -0.303. The summed E-state index contributed by atoms with van der Waals surface area (Å²) in [7, 11) is 0.